The number of aromatic nitrogens is 2. The Labute approximate surface area is 183 Å². The summed E-state index contributed by atoms with van der Waals surface area (Å²) >= 11 is 0. The van der Waals surface area contributed by atoms with Gasteiger partial charge in [-0.1, -0.05) is 24.3 Å². The van der Waals surface area contributed by atoms with Crippen LogP contribution >= 0.6 is 0 Å². The molecule has 4 rings (SSSR count). The van der Waals surface area contributed by atoms with Gasteiger partial charge < -0.3 is 9.88 Å². The molecule has 7 heteroatoms. The fourth-order valence-electron chi connectivity index (χ4n) is 3.92. The van der Waals surface area contributed by atoms with E-state index in [1.165, 1.54) is 24.3 Å². The molecular weight excluding hydrogens is 418 g/mol. The zero-order valence-electron chi connectivity index (χ0n) is 17.8. The second-order valence-electron chi connectivity index (χ2n) is 7.88. The van der Waals surface area contributed by atoms with E-state index in [0.717, 1.165) is 57.5 Å². The number of anilines is 1. The summed E-state index contributed by atoms with van der Waals surface area (Å²) in [7, 11) is 0. The fraction of sp³-hybridized carbons (Fsp3) is 0.240. The van der Waals surface area contributed by atoms with Gasteiger partial charge in [0, 0.05) is 24.2 Å². The van der Waals surface area contributed by atoms with E-state index in [1.54, 1.807) is 24.5 Å². The predicted molar refractivity (Wildman–Crippen MR) is 118 cm³/mol. The van der Waals surface area contributed by atoms with E-state index in [9.17, 15) is 17.6 Å². The van der Waals surface area contributed by atoms with E-state index in [0.29, 0.717) is 13.1 Å². The molecule has 0 aliphatic carbocycles. The van der Waals surface area contributed by atoms with E-state index in [1.807, 2.05) is 13.8 Å². The predicted octanol–water partition coefficient (Wildman–Crippen LogP) is 6.51. The number of nitrogens with one attached hydrogen (secondary N) is 1. The van der Waals surface area contributed by atoms with Crippen molar-refractivity contribution in [3.05, 3.63) is 94.7 Å². The van der Waals surface area contributed by atoms with Gasteiger partial charge in [0.15, 0.2) is 0 Å². The van der Waals surface area contributed by atoms with Gasteiger partial charge in [0.05, 0.1) is 29.2 Å². The van der Waals surface area contributed by atoms with Crippen molar-refractivity contribution in [3.8, 4) is 0 Å². The molecule has 166 valence electrons. The minimum Gasteiger partial charge on any atom is -0.383 e. The second-order valence-corrected chi connectivity index (χ2v) is 7.88. The topological polar surface area (TPSA) is 29.9 Å². The number of hydrogen-bond donors (Lipinski definition) is 1. The van der Waals surface area contributed by atoms with Crippen molar-refractivity contribution in [1.29, 1.82) is 0 Å². The van der Waals surface area contributed by atoms with Crippen LogP contribution in [-0.2, 0) is 19.1 Å². The van der Waals surface area contributed by atoms with Crippen molar-refractivity contribution in [2.75, 3.05) is 11.9 Å². The molecule has 0 saturated heterocycles. The maximum atomic E-state index is 13.1. The highest BCUT2D eigenvalue weighted by atomic mass is 19.4. The Morgan fingerprint density at radius 3 is 2.22 bits per heavy atom. The molecule has 0 aliphatic heterocycles. The first-order valence-electron chi connectivity index (χ1n) is 10.3. The third-order valence-electron chi connectivity index (χ3n) is 5.80. The SMILES string of the molecule is Cc1c(C)n(Cc2ccc(C(F)(F)F)cc2)c2cncc(NCCc3ccc(F)cc3)c12. The highest BCUT2D eigenvalue weighted by molar-refractivity contribution is 5.95. The highest BCUT2D eigenvalue weighted by Gasteiger charge is 2.30. The van der Waals surface area contributed by atoms with Gasteiger partial charge in [-0.2, -0.15) is 13.2 Å². The van der Waals surface area contributed by atoms with Crippen LogP contribution in [0.15, 0.2) is 60.9 Å². The largest absolute Gasteiger partial charge is 0.416 e. The van der Waals surface area contributed by atoms with E-state index >= 15 is 0 Å². The van der Waals surface area contributed by atoms with Gasteiger partial charge in [-0.25, -0.2) is 4.39 Å². The first-order valence-corrected chi connectivity index (χ1v) is 10.3. The van der Waals surface area contributed by atoms with E-state index in [4.69, 9.17) is 0 Å². The Kier molecular flexibility index (Phi) is 5.91. The lowest BCUT2D eigenvalue weighted by molar-refractivity contribution is -0.137. The molecule has 0 fully saturated rings. The number of nitrogens with zero attached hydrogens (tertiary/aromatic N) is 2. The van der Waals surface area contributed by atoms with Gasteiger partial charge in [-0.3, -0.25) is 4.98 Å². The number of benzene rings is 2. The van der Waals surface area contributed by atoms with Crippen molar-refractivity contribution in [1.82, 2.24) is 9.55 Å². The van der Waals surface area contributed by atoms with E-state index < -0.39 is 11.7 Å². The lowest BCUT2D eigenvalue weighted by Gasteiger charge is -2.11. The molecule has 32 heavy (non-hydrogen) atoms. The van der Waals surface area contributed by atoms with Crippen LogP contribution in [0.5, 0.6) is 0 Å². The molecule has 0 atom stereocenters. The smallest absolute Gasteiger partial charge is 0.383 e. The summed E-state index contributed by atoms with van der Waals surface area (Å²) in [6, 6.07) is 11.7. The molecule has 0 saturated carbocycles. The Hall–Kier alpha value is -3.35. The summed E-state index contributed by atoms with van der Waals surface area (Å²) in [5.74, 6) is -0.254. The van der Waals surface area contributed by atoms with Crippen LogP contribution in [0.4, 0.5) is 23.2 Å². The maximum Gasteiger partial charge on any atom is 0.416 e. The molecule has 1 N–H and O–H groups in total. The third-order valence-corrected chi connectivity index (χ3v) is 5.80. The molecule has 3 nitrogen and oxygen atoms in total. The normalized spacial score (nSPS) is 11.8. The van der Waals surface area contributed by atoms with Crippen molar-refractivity contribution in [2.45, 2.75) is 33.0 Å². The van der Waals surface area contributed by atoms with E-state index in [-0.39, 0.29) is 5.82 Å². The van der Waals surface area contributed by atoms with Crippen LogP contribution in [0, 0.1) is 19.7 Å². The van der Waals surface area contributed by atoms with Gasteiger partial charge in [0.25, 0.3) is 0 Å². The summed E-state index contributed by atoms with van der Waals surface area (Å²) in [6.45, 7) is 5.15. The average Bonchev–Trinajstić information content (AvgIpc) is 3.00. The molecule has 0 bridgehead atoms. The molecule has 0 amide bonds. The lowest BCUT2D eigenvalue weighted by Crippen LogP contribution is -2.07. The van der Waals surface area contributed by atoms with Crippen molar-refractivity contribution >= 4 is 16.6 Å². The minimum absolute atomic E-state index is 0.254. The van der Waals surface area contributed by atoms with Crippen molar-refractivity contribution in [2.24, 2.45) is 0 Å². The highest BCUT2D eigenvalue weighted by Crippen LogP contribution is 2.32. The standard InChI is InChI=1S/C25H23F4N3/c1-16-17(2)32(15-19-3-7-20(8-4-19)25(27,28)29)23-14-30-13-22(24(16)23)31-12-11-18-5-9-21(26)10-6-18/h3-10,13-14,31H,11-12,15H2,1-2H3. The Bertz CT molecular complexity index is 1220. The summed E-state index contributed by atoms with van der Waals surface area (Å²) in [4.78, 5) is 4.37. The van der Waals surface area contributed by atoms with Gasteiger partial charge >= 0.3 is 6.18 Å². The number of pyridine rings is 1. The Morgan fingerprint density at radius 1 is 0.906 bits per heavy atom. The summed E-state index contributed by atoms with van der Waals surface area (Å²) in [6.07, 6.45) is -0.0446. The van der Waals surface area contributed by atoms with Crippen LogP contribution in [0.2, 0.25) is 0 Å². The van der Waals surface area contributed by atoms with Gasteiger partial charge in [-0.15, -0.1) is 0 Å². The number of aryl methyl sites for hydroxylation is 1. The first kappa shape index (κ1) is 21.9. The number of fused-ring (bicyclic) bond motifs is 1. The van der Waals surface area contributed by atoms with Crippen LogP contribution < -0.4 is 5.32 Å². The zero-order valence-corrected chi connectivity index (χ0v) is 17.8. The van der Waals surface area contributed by atoms with Crippen LogP contribution in [0.25, 0.3) is 10.9 Å². The molecule has 0 radical (unpaired) electrons. The molecule has 2 heterocycles. The molecule has 2 aromatic carbocycles. The molecule has 0 aliphatic rings. The fourth-order valence-corrected chi connectivity index (χ4v) is 3.92. The third kappa shape index (κ3) is 4.47. The number of rotatable bonds is 6. The maximum absolute atomic E-state index is 13.1. The molecule has 0 spiro atoms. The molecule has 0 unspecified atom stereocenters. The molecule has 2 aromatic heterocycles. The Balaban J connectivity index is 1.57. The van der Waals surface area contributed by atoms with Gasteiger partial charge in [-0.05, 0) is 61.2 Å². The van der Waals surface area contributed by atoms with Crippen LogP contribution in [-0.4, -0.2) is 16.1 Å². The average molecular weight is 441 g/mol. The van der Waals surface area contributed by atoms with E-state index in [2.05, 4.69) is 14.9 Å². The summed E-state index contributed by atoms with van der Waals surface area (Å²) in [5.41, 5.74) is 5.12. The monoisotopic (exact) mass is 441 g/mol. The van der Waals surface area contributed by atoms with Crippen molar-refractivity contribution in [3.63, 3.8) is 0 Å². The quantitative estimate of drug-likeness (QED) is 0.346. The van der Waals surface area contributed by atoms with Crippen molar-refractivity contribution < 1.29 is 17.6 Å². The first-order chi connectivity index (χ1) is 15.2. The molecule has 4 aromatic rings. The van der Waals surface area contributed by atoms with Gasteiger partial charge in [0.2, 0.25) is 0 Å². The van der Waals surface area contributed by atoms with Crippen LogP contribution in [0.3, 0.4) is 0 Å². The second kappa shape index (κ2) is 8.65. The Morgan fingerprint density at radius 2 is 1.56 bits per heavy atom. The summed E-state index contributed by atoms with van der Waals surface area (Å²) in [5, 5.41) is 4.47. The number of hydrogen-bond acceptors (Lipinski definition) is 2. The van der Waals surface area contributed by atoms with Gasteiger partial charge in [0.1, 0.15) is 5.82 Å². The lowest BCUT2D eigenvalue weighted by atomic mass is 10.1. The zero-order chi connectivity index (χ0) is 22.9. The minimum atomic E-state index is -4.34. The van der Waals surface area contributed by atoms with Crippen LogP contribution in [0.1, 0.15) is 27.9 Å². The summed E-state index contributed by atoms with van der Waals surface area (Å²) < 4.78 is 53.7. The number of halogens is 4. The molecular formula is C25H23F4N3. The number of alkyl halides is 3.